The van der Waals surface area contributed by atoms with E-state index < -0.39 is 6.10 Å². The highest BCUT2D eigenvalue weighted by atomic mass is 35.5. The quantitative estimate of drug-likeness (QED) is 0.612. The maximum atomic E-state index is 10.7. The second-order valence-electron chi connectivity index (χ2n) is 2.92. The summed E-state index contributed by atoms with van der Waals surface area (Å²) in [6.07, 6.45) is -0.0784. The van der Waals surface area contributed by atoms with Gasteiger partial charge < -0.3 is 10.2 Å². The molecule has 0 amide bonds. The largest absolute Gasteiger partial charge is 0.394 e. The van der Waals surface area contributed by atoms with E-state index >= 15 is 0 Å². The molecule has 3 nitrogen and oxygen atoms in total. The van der Waals surface area contributed by atoms with Crippen LogP contribution in [0.4, 0.5) is 0 Å². The zero-order chi connectivity index (χ0) is 11.3. The Hall–Kier alpha value is -0.550. The summed E-state index contributed by atoms with van der Waals surface area (Å²) in [5.74, 6) is 0.307. The van der Waals surface area contributed by atoms with E-state index in [2.05, 4.69) is 0 Å². The molecule has 0 heterocycles. The molecule has 0 aliphatic carbocycles. The number of carbonyl (C=O) groups excluding carboxylic acids is 1. The van der Waals surface area contributed by atoms with Crippen LogP contribution >= 0.6 is 23.4 Å². The van der Waals surface area contributed by atoms with Gasteiger partial charge in [-0.25, -0.2) is 0 Å². The standard InChI is InChI=1S/C10H11ClO3S/c11-9-3-1-2-7(4-12)10(9)15-6-8(14)5-13/h1-4,8,13-14H,5-6H2. The zero-order valence-electron chi connectivity index (χ0n) is 7.89. The van der Waals surface area contributed by atoms with E-state index in [1.807, 2.05) is 0 Å². The number of aliphatic hydroxyl groups excluding tert-OH is 2. The molecule has 1 aromatic carbocycles. The lowest BCUT2D eigenvalue weighted by atomic mass is 10.2. The molecule has 0 aromatic heterocycles. The molecule has 1 unspecified atom stereocenters. The summed E-state index contributed by atoms with van der Waals surface area (Å²) in [4.78, 5) is 11.4. The molecule has 82 valence electrons. The number of hydrogen-bond acceptors (Lipinski definition) is 4. The summed E-state index contributed by atoms with van der Waals surface area (Å²) < 4.78 is 0. The van der Waals surface area contributed by atoms with Crippen LogP contribution < -0.4 is 0 Å². The summed E-state index contributed by atoms with van der Waals surface area (Å²) in [5, 5.41) is 18.3. The number of halogens is 1. The number of aliphatic hydroxyl groups is 2. The summed E-state index contributed by atoms with van der Waals surface area (Å²) >= 11 is 7.17. The number of carbonyl (C=O) groups is 1. The fourth-order valence-electron chi connectivity index (χ4n) is 1.00. The predicted molar refractivity (Wildman–Crippen MR) is 60.7 cm³/mol. The second-order valence-corrected chi connectivity index (χ2v) is 4.36. The topological polar surface area (TPSA) is 57.5 Å². The third kappa shape index (κ3) is 3.50. The summed E-state index contributed by atoms with van der Waals surface area (Å²) in [5.41, 5.74) is 0.498. The Labute approximate surface area is 97.1 Å². The zero-order valence-corrected chi connectivity index (χ0v) is 9.46. The third-order valence-corrected chi connectivity index (χ3v) is 3.48. The van der Waals surface area contributed by atoms with Crippen LogP contribution in [0, 0.1) is 0 Å². The van der Waals surface area contributed by atoms with Crippen molar-refractivity contribution in [3.8, 4) is 0 Å². The average molecular weight is 247 g/mol. The minimum Gasteiger partial charge on any atom is -0.394 e. The van der Waals surface area contributed by atoms with Gasteiger partial charge in [0.15, 0.2) is 6.29 Å². The Morgan fingerprint density at radius 3 is 2.87 bits per heavy atom. The van der Waals surface area contributed by atoms with E-state index in [0.717, 1.165) is 6.29 Å². The van der Waals surface area contributed by atoms with Crippen LogP contribution in [-0.4, -0.2) is 35.0 Å². The maximum absolute atomic E-state index is 10.7. The highest BCUT2D eigenvalue weighted by molar-refractivity contribution is 7.99. The fourth-order valence-corrected chi connectivity index (χ4v) is 2.30. The van der Waals surface area contributed by atoms with E-state index in [1.165, 1.54) is 11.8 Å². The van der Waals surface area contributed by atoms with Crippen molar-refractivity contribution in [1.29, 1.82) is 0 Å². The molecule has 0 spiro atoms. The highest BCUT2D eigenvalue weighted by Gasteiger charge is 2.09. The van der Waals surface area contributed by atoms with Crippen molar-refractivity contribution in [2.45, 2.75) is 11.0 Å². The molecule has 0 aliphatic heterocycles. The molecule has 0 aliphatic rings. The molecule has 1 rings (SSSR count). The number of benzene rings is 1. The SMILES string of the molecule is O=Cc1cccc(Cl)c1SCC(O)CO. The molecular formula is C10H11ClO3S. The molecule has 5 heteroatoms. The Bertz CT molecular complexity index is 343. The van der Waals surface area contributed by atoms with Crippen LogP contribution in [0.25, 0.3) is 0 Å². The number of thioether (sulfide) groups is 1. The molecule has 15 heavy (non-hydrogen) atoms. The molecule has 0 saturated carbocycles. The third-order valence-electron chi connectivity index (χ3n) is 1.76. The molecule has 0 radical (unpaired) electrons. The Morgan fingerprint density at radius 1 is 1.53 bits per heavy atom. The Balaban J connectivity index is 2.78. The molecular weight excluding hydrogens is 236 g/mol. The number of hydrogen-bond donors (Lipinski definition) is 2. The van der Waals surface area contributed by atoms with Crippen LogP contribution in [0.3, 0.4) is 0 Å². The summed E-state index contributed by atoms with van der Waals surface area (Å²) in [6.45, 7) is -0.298. The first-order valence-electron chi connectivity index (χ1n) is 4.34. The van der Waals surface area contributed by atoms with Gasteiger partial charge in [0.25, 0.3) is 0 Å². The van der Waals surface area contributed by atoms with Gasteiger partial charge in [0.1, 0.15) is 0 Å². The van der Waals surface area contributed by atoms with Crippen LogP contribution in [0.1, 0.15) is 10.4 Å². The van der Waals surface area contributed by atoms with Gasteiger partial charge in [-0.1, -0.05) is 23.7 Å². The van der Waals surface area contributed by atoms with Gasteiger partial charge in [0.2, 0.25) is 0 Å². The van der Waals surface area contributed by atoms with Gasteiger partial charge in [-0.3, -0.25) is 4.79 Å². The molecule has 1 atom stereocenters. The van der Waals surface area contributed by atoms with Crippen LogP contribution in [-0.2, 0) is 0 Å². The Morgan fingerprint density at radius 2 is 2.27 bits per heavy atom. The Kier molecular flexibility index (Phi) is 5.11. The minimum atomic E-state index is -0.800. The lowest BCUT2D eigenvalue weighted by molar-refractivity contribution is 0.111. The van der Waals surface area contributed by atoms with Gasteiger partial charge in [0.05, 0.1) is 17.7 Å². The van der Waals surface area contributed by atoms with E-state index in [-0.39, 0.29) is 6.61 Å². The second kappa shape index (κ2) is 6.12. The smallest absolute Gasteiger partial charge is 0.151 e. The summed E-state index contributed by atoms with van der Waals surface area (Å²) in [6, 6.07) is 5.04. The van der Waals surface area contributed by atoms with E-state index in [4.69, 9.17) is 16.7 Å². The molecule has 1 aromatic rings. The van der Waals surface area contributed by atoms with Gasteiger partial charge in [-0.05, 0) is 6.07 Å². The van der Waals surface area contributed by atoms with E-state index in [0.29, 0.717) is 21.2 Å². The molecule has 0 saturated heterocycles. The number of aldehydes is 1. The predicted octanol–water partition coefficient (Wildman–Crippen LogP) is 1.60. The first kappa shape index (κ1) is 12.5. The summed E-state index contributed by atoms with van der Waals surface area (Å²) in [7, 11) is 0. The first-order chi connectivity index (χ1) is 7.19. The van der Waals surface area contributed by atoms with Crippen molar-refractivity contribution in [3.05, 3.63) is 28.8 Å². The average Bonchev–Trinajstić information content (AvgIpc) is 2.26. The lowest BCUT2D eigenvalue weighted by Crippen LogP contribution is -2.14. The monoisotopic (exact) mass is 246 g/mol. The van der Waals surface area contributed by atoms with Crippen molar-refractivity contribution in [3.63, 3.8) is 0 Å². The first-order valence-corrected chi connectivity index (χ1v) is 5.70. The van der Waals surface area contributed by atoms with Crippen LogP contribution in [0.15, 0.2) is 23.1 Å². The normalized spacial score (nSPS) is 12.5. The van der Waals surface area contributed by atoms with Crippen molar-refractivity contribution in [1.82, 2.24) is 0 Å². The molecule has 2 N–H and O–H groups in total. The van der Waals surface area contributed by atoms with Crippen molar-refractivity contribution in [2.24, 2.45) is 0 Å². The lowest BCUT2D eigenvalue weighted by Gasteiger charge is -2.09. The molecule has 0 fully saturated rings. The van der Waals surface area contributed by atoms with Gasteiger partial charge in [0, 0.05) is 16.2 Å². The van der Waals surface area contributed by atoms with E-state index in [9.17, 15) is 9.90 Å². The maximum Gasteiger partial charge on any atom is 0.151 e. The van der Waals surface area contributed by atoms with Gasteiger partial charge in [-0.15, -0.1) is 11.8 Å². The van der Waals surface area contributed by atoms with Crippen LogP contribution in [0.2, 0.25) is 5.02 Å². The van der Waals surface area contributed by atoms with Gasteiger partial charge >= 0.3 is 0 Å². The van der Waals surface area contributed by atoms with Gasteiger partial charge in [-0.2, -0.15) is 0 Å². The van der Waals surface area contributed by atoms with Crippen molar-refractivity contribution in [2.75, 3.05) is 12.4 Å². The van der Waals surface area contributed by atoms with E-state index in [1.54, 1.807) is 18.2 Å². The fraction of sp³-hybridized carbons (Fsp3) is 0.300. The van der Waals surface area contributed by atoms with Crippen LogP contribution in [0.5, 0.6) is 0 Å². The minimum absolute atomic E-state index is 0.298. The number of rotatable bonds is 5. The molecule has 0 bridgehead atoms. The van der Waals surface area contributed by atoms with Crippen molar-refractivity contribution >= 4 is 29.6 Å². The van der Waals surface area contributed by atoms with Crippen molar-refractivity contribution < 1.29 is 15.0 Å². The highest BCUT2D eigenvalue weighted by Crippen LogP contribution is 2.30.